The van der Waals surface area contributed by atoms with Crippen LogP contribution in [0.2, 0.25) is 0 Å². The lowest BCUT2D eigenvalue weighted by molar-refractivity contribution is -0.126. The molecule has 0 bridgehead atoms. The smallest absolute Gasteiger partial charge is 0.164 e. The molecule has 0 radical (unpaired) electrons. The number of allylic oxidation sites excluding steroid dienone is 1. The molecule has 1 unspecified atom stereocenters. The summed E-state index contributed by atoms with van der Waals surface area (Å²) in [7, 11) is 0. The molecular formula is C27H27N5O2. The number of rotatable bonds is 7. The van der Waals surface area contributed by atoms with Crippen LogP contribution in [-0.2, 0) is 10.3 Å². The number of carbonyl (C=O) groups is 1. The van der Waals surface area contributed by atoms with Crippen LogP contribution in [0.5, 0.6) is 11.5 Å². The van der Waals surface area contributed by atoms with Gasteiger partial charge < -0.3 is 10.5 Å². The van der Waals surface area contributed by atoms with Crippen LogP contribution < -0.4 is 15.8 Å². The van der Waals surface area contributed by atoms with E-state index in [0.29, 0.717) is 29.3 Å². The molecule has 7 nitrogen and oxygen atoms in total. The molecular weight excluding hydrogens is 426 g/mol. The molecule has 0 saturated carbocycles. The van der Waals surface area contributed by atoms with Crippen LogP contribution in [-0.4, -0.2) is 26.7 Å². The second-order valence-corrected chi connectivity index (χ2v) is 8.46. The maximum atomic E-state index is 13.4. The molecule has 1 atom stereocenters. The van der Waals surface area contributed by atoms with Crippen molar-refractivity contribution in [3.63, 3.8) is 0 Å². The lowest BCUT2D eigenvalue weighted by atomic mass is 9.82. The van der Waals surface area contributed by atoms with E-state index in [1.165, 1.54) is 0 Å². The van der Waals surface area contributed by atoms with E-state index in [-0.39, 0.29) is 12.2 Å². The highest BCUT2D eigenvalue weighted by atomic mass is 16.5. The zero-order chi connectivity index (χ0) is 23.5. The molecule has 3 heterocycles. The average Bonchev–Trinajstić information content (AvgIpc) is 3.27. The molecule has 2 aromatic heterocycles. The number of hydrogen-bond acceptors (Lipinski definition) is 6. The molecule has 1 fully saturated rings. The molecule has 2 aromatic carbocycles. The van der Waals surface area contributed by atoms with E-state index in [1.807, 2.05) is 65.2 Å². The third kappa shape index (κ3) is 3.84. The van der Waals surface area contributed by atoms with Crippen LogP contribution in [0.25, 0.3) is 16.8 Å². The van der Waals surface area contributed by atoms with Gasteiger partial charge in [-0.15, -0.1) is 6.58 Å². The number of fused-ring (bicyclic) bond motifs is 1. The van der Waals surface area contributed by atoms with E-state index in [9.17, 15) is 4.79 Å². The van der Waals surface area contributed by atoms with E-state index in [2.05, 4.69) is 16.9 Å². The minimum Gasteiger partial charge on any atom is -0.457 e. The van der Waals surface area contributed by atoms with Gasteiger partial charge in [-0.2, -0.15) is 0 Å². The molecule has 0 aliphatic carbocycles. The Morgan fingerprint density at radius 3 is 2.62 bits per heavy atom. The van der Waals surface area contributed by atoms with Crippen LogP contribution in [0, 0.1) is 0 Å². The van der Waals surface area contributed by atoms with Crippen LogP contribution in [0.1, 0.15) is 31.5 Å². The van der Waals surface area contributed by atoms with Gasteiger partial charge in [-0.05, 0) is 62.2 Å². The Morgan fingerprint density at radius 2 is 1.91 bits per heavy atom. The number of carbonyl (C=O) groups excluding carboxylic acids is 1. The maximum absolute atomic E-state index is 13.4. The average molecular weight is 454 g/mol. The number of anilines is 1. The van der Waals surface area contributed by atoms with Crippen molar-refractivity contribution in [2.24, 2.45) is 0 Å². The van der Waals surface area contributed by atoms with E-state index < -0.39 is 5.54 Å². The van der Waals surface area contributed by atoms with Crippen molar-refractivity contribution in [2.75, 3.05) is 12.3 Å². The zero-order valence-corrected chi connectivity index (χ0v) is 18.9. The highest BCUT2D eigenvalue weighted by Crippen LogP contribution is 2.37. The molecule has 34 heavy (non-hydrogen) atoms. The fraction of sp³-hybridized carbons (Fsp3) is 0.222. The molecule has 4 aromatic rings. The van der Waals surface area contributed by atoms with E-state index >= 15 is 0 Å². The fourth-order valence-corrected chi connectivity index (χ4v) is 4.64. The molecule has 0 spiro atoms. The normalized spacial score (nSPS) is 18.0. The van der Waals surface area contributed by atoms with Crippen LogP contribution in [0.3, 0.4) is 0 Å². The number of nitrogen functional groups attached to an aromatic ring is 1. The first-order chi connectivity index (χ1) is 16.6. The Hall–Kier alpha value is -3.97. The fourth-order valence-electron chi connectivity index (χ4n) is 4.64. The Labute approximate surface area is 198 Å². The topological polar surface area (TPSA) is 94.5 Å². The number of piperidine rings is 1. The zero-order valence-electron chi connectivity index (χ0n) is 18.9. The van der Waals surface area contributed by atoms with Gasteiger partial charge in [0.25, 0.3) is 0 Å². The second-order valence-electron chi connectivity index (χ2n) is 8.46. The van der Waals surface area contributed by atoms with Gasteiger partial charge >= 0.3 is 0 Å². The number of ketones is 1. The van der Waals surface area contributed by atoms with Crippen molar-refractivity contribution in [3.05, 3.63) is 85.5 Å². The predicted molar refractivity (Wildman–Crippen MR) is 133 cm³/mol. The Balaban J connectivity index is 1.60. The van der Waals surface area contributed by atoms with Gasteiger partial charge in [0.1, 0.15) is 39.9 Å². The SMILES string of the molecule is C=CCC(=O)C1(c2nc(-c3ccc(Oc4ccccc4)cc3)c3c(N)nccn23)CCCCN1. The van der Waals surface area contributed by atoms with E-state index in [0.717, 1.165) is 36.4 Å². The van der Waals surface area contributed by atoms with Gasteiger partial charge in [0.05, 0.1) is 0 Å². The first-order valence-corrected chi connectivity index (χ1v) is 11.5. The Morgan fingerprint density at radius 1 is 1.15 bits per heavy atom. The van der Waals surface area contributed by atoms with Crippen molar-refractivity contribution >= 4 is 17.1 Å². The summed E-state index contributed by atoms with van der Waals surface area (Å²) in [5, 5.41) is 3.48. The number of hydrogen-bond donors (Lipinski definition) is 2. The van der Waals surface area contributed by atoms with Gasteiger partial charge in [-0.25, -0.2) is 9.97 Å². The summed E-state index contributed by atoms with van der Waals surface area (Å²) in [6, 6.07) is 17.3. The standard InChI is InChI=1S/C27H27N5O2/c1-2-8-22(33)27(15-6-7-16-30-27)26-31-23(24-25(28)29-17-18-32(24)26)19-11-13-21(14-12-19)34-20-9-4-3-5-10-20/h2-5,9-14,17-18,30H,1,6-8,15-16H2,(H2,28,29). The highest BCUT2D eigenvalue weighted by molar-refractivity contribution is 5.92. The number of nitrogens with zero attached hydrogens (tertiary/aromatic N) is 3. The summed E-state index contributed by atoms with van der Waals surface area (Å²) in [5.74, 6) is 2.55. The predicted octanol–water partition coefficient (Wildman–Crippen LogP) is 4.88. The number of benzene rings is 2. The van der Waals surface area contributed by atoms with Crippen molar-refractivity contribution in [1.82, 2.24) is 19.7 Å². The molecule has 0 amide bonds. The first-order valence-electron chi connectivity index (χ1n) is 11.5. The van der Waals surface area contributed by atoms with Crippen molar-refractivity contribution < 1.29 is 9.53 Å². The highest BCUT2D eigenvalue weighted by Gasteiger charge is 2.44. The second kappa shape index (κ2) is 9.11. The number of ether oxygens (including phenoxy) is 1. The number of aromatic nitrogens is 3. The van der Waals surface area contributed by atoms with Gasteiger partial charge in [0.2, 0.25) is 0 Å². The number of Topliss-reactive ketones (excluding diaryl/α,β-unsaturated/α-hetero) is 1. The third-order valence-electron chi connectivity index (χ3n) is 6.28. The number of nitrogens with two attached hydrogens (primary N) is 1. The van der Waals surface area contributed by atoms with Crippen molar-refractivity contribution in [3.8, 4) is 22.8 Å². The van der Waals surface area contributed by atoms with Gasteiger partial charge in [0, 0.05) is 24.4 Å². The molecule has 1 saturated heterocycles. The molecule has 7 heteroatoms. The molecule has 3 N–H and O–H groups in total. The number of nitrogens with one attached hydrogen (secondary N) is 1. The summed E-state index contributed by atoms with van der Waals surface area (Å²) in [4.78, 5) is 22.7. The first kappa shape index (κ1) is 21.9. The number of para-hydroxylation sites is 1. The van der Waals surface area contributed by atoms with Gasteiger partial charge in [-0.1, -0.05) is 24.3 Å². The van der Waals surface area contributed by atoms with Crippen LogP contribution in [0.4, 0.5) is 5.82 Å². The summed E-state index contributed by atoms with van der Waals surface area (Å²) in [6.07, 6.45) is 8.01. The quantitative estimate of drug-likeness (QED) is 0.387. The molecule has 1 aliphatic heterocycles. The number of imidazole rings is 1. The maximum Gasteiger partial charge on any atom is 0.164 e. The lowest BCUT2D eigenvalue weighted by Gasteiger charge is -2.35. The van der Waals surface area contributed by atoms with Crippen LogP contribution >= 0.6 is 0 Å². The Kier molecular flexibility index (Phi) is 5.86. The minimum atomic E-state index is -0.891. The summed E-state index contributed by atoms with van der Waals surface area (Å²) in [6.45, 7) is 4.52. The molecule has 5 rings (SSSR count). The monoisotopic (exact) mass is 453 g/mol. The minimum absolute atomic E-state index is 0.0580. The van der Waals surface area contributed by atoms with E-state index in [4.69, 9.17) is 15.5 Å². The van der Waals surface area contributed by atoms with Crippen molar-refractivity contribution in [2.45, 2.75) is 31.2 Å². The summed E-state index contributed by atoms with van der Waals surface area (Å²) in [5.41, 5.74) is 7.68. The molecule has 172 valence electrons. The Bertz CT molecular complexity index is 1320. The van der Waals surface area contributed by atoms with E-state index in [1.54, 1.807) is 12.3 Å². The molecule has 1 aliphatic rings. The third-order valence-corrected chi connectivity index (χ3v) is 6.28. The van der Waals surface area contributed by atoms with Gasteiger partial charge in [0.15, 0.2) is 5.78 Å². The summed E-state index contributed by atoms with van der Waals surface area (Å²) >= 11 is 0. The van der Waals surface area contributed by atoms with Crippen LogP contribution in [0.15, 0.2) is 79.6 Å². The van der Waals surface area contributed by atoms with Gasteiger partial charge in [-0.3, -0.25) is 14.5 Å². The summed E-state index contributed by atoms with van der Waals surface area (Å²) < 4.78 is 7.84. The van der Waals surface area contributed by atoms with Crippen molar-refractivity contribution in [1.29, 1.82) is 0 Å². The lowest BCUT2D eigenvalue weighted by Crippen LogP contribution is -2.53. The largest absolute Gasteiger partial charge is 0.457 e.